The molecule has 2 aromatic carbocycles. The van der Waals surface area contributed by atoms with Gasteiger partial charge in [0, 0.05) is 27.7 Å². The first-order valence-electron chi connectivity index (χ1n) is 9.52. The molecule has 6 heteroatoms. The second kappa shape index (κ2) is 9.25. The highest BCUT2D eigenvalue weighted by Crippen LogP contribution is 2.37. The van der Waals surface area contributed by atoms with Crippen LogP contribution in [0, 0.1) is 11.7 Å². The van der Waals surface area contributed by atoms with Crippen molar-refractivity contribution in [3.05, 3.63) is 69.5 Å². The highest BCUT2D eigenvalue weighted by molar-refractivity contribution is 6.35. The molecule has 1 aliphatic carbocycles. The van der Waals surface area contributed by atoms with Crippen LogP contribution in [0.1, 0.15) is 47.6 Å². The van der Waals surface area contributed by atoms with Crippen molar-refractivity contribution in [3.8, 4) is 0 Å². The molecule has 0 radical (unpaired) electrons. The van der Waals surface area contributed by atoms with Gasteiger partial charge < -0.3 is 10.2 Å². The van der Waals surface area contributed by atoms with Crippen LogP contribution in [0.2, 0.25) is 10.0 Å². The molecule has 0 saturated heterocycles. The summed E-state index contributed by atoms with van der Waals surface area (Å²) in [7, 11) is 4.07. The Morgan fingerprint density at radius 3 is 2.29 bits per heavy atom. The second-order valence-electron chi connectivity index (χ2n) is 7.71. The Hall–Kier alpha value is -1.62. The monoisotopic (exact) mass is 422 g/mol. The Morgan fingerprint density at radius 1 is 1.07 bits per heavy atom. The lowest BCUT2D eigenvalue weighted by molar-refractivity contribution is 0.0906. The Morgan fingerprint density at radius 2 is 1.71 bits per heavy atom. The van der Waals surface area contributed by atoms with Crippen LogP contribution in [0.25, 0.3) is 0 Å². The van der Waals surface area contributed by atoms with E-state index < -0.39 is 0 Å². The summed E-state index contributed by atoms with van der Waals surface area (Å²) in [5.41, 5.74) is 1.48. The third kappa shape index (κ3) is 5.25. The number of halogens is 3. The zero-order valence-corrected chi connectivity index (χ0v) is 17.6. The minimum Gasteiger partial charge on any atom is -0.349 e. The Kier molecular flexibility index (Phi) is 6.97. The first-order chi connectivity index (χ1) is 13.3. The van der Waals surface area contributed by atoms with E-state index in [1.54, 1.807) is 30.3 Å². The fourth-order valence-electron chi connectivity index (χ4n) is 4.22. The summed E-state index contributed by atoms with van der Waals surface area (Å²) in [5, 5.41) is 4.00. The van der Waals surface area contributed by atoms with E-state index in [4.69, 9.17) is 23.2 Å². The Labute approximate surface area is 175 Å². The van der Waals surface area contributed by atoms with Crippen molar-refractivity contribution in [2.45, 2.75) is 37.8 Å². The summed E-state index contributed by atoms with van der Waals surface area (Å²) in [5.74, 6) is 0.0678. The van der Waals surface area contributed by atoms with Crippen LogP contribution in [-0.4, -0.2) is 30.9 Å². The number of carbonyl (C=O) groups excluding carboxylic acids is 1. The molecular weight excluding hydrogens is 398 g/mol. The first kappa shape index (κ1) is 21.1. The van der Waals surface area contributed by atoms with Crippen molar-refractivity contribution in [1.29, 1.82) is 0 Å². The average Bonchev–Trinajstić information content (AvgIpc) is 2.62. The van der Waals surface area contributed by atoms with Crippen molar-refractivity contribution in [2.75, 3.05) is 14.1 Å². The Balaban J connectivity index is 1.62. The van der Waals surface area contributed by atoms with Crippen molar-refractivity contribution in [1.82, 2.24) is 10.2 Å². The van der Waals surface area contributed by atoms with Crippen LogP contribution in [-0.2, 0) is 0 Å². The molecule has 0 heterocycles. The van der Waals surface area contributed by atoms with Crippen LogP contribution in [0.15, 0.2) is 42.5 Å². The Bertz CT molecular complexity index is 815. The van der Waals surface area contributed by atoms with E-state index in [-0.39, 0.29) is 23.8 Å². The molecule has 1 aliphatic rings. The summed E-state index contributed by atoms with van der Waals surface area (Å²) in [6.45, 7) is 0. The minimum absolute atomic E-state index is 0.122. The fourth-order valence-corrected chi connectivity index (χ4v) is 4.74. The van der Waals surface area contributed by atoms with Crippen LogP contribution < -0.4 is 5.32 Å². The van der Waals surface area contributed by atoms with E-state index >= 15 is 0 Å². The quantitative estimate of drug-likeness (QED) is 0.667. The van der Waals surface area contributed by atoms with Crippen molar-refractivity contribution < 1.29 is 9.18 Å². The van der Waals surface area contributed by atoms with Crippen LogP contribution in [0.5, 0.6) is 0 Å². The standard InChI is InChI=1S/C22H25Cl2FN2O/c1-27(2)21(15-4-3-5-19(25)12-15)14-6-8-20(9-7-14)26-22(28)16-10-17(23)13-18(24)11-16/h3-5,10-14,20-21H,6-9H2,1-2H3,(H,26,28). The van der Waals surface area contributed by atoms with E-state index in [2.05, 4.69) is 10.2 Å². The van der Waals surface area contributed by atoms with E-state index in [1.807, 2.05) is 20.2 Å². The molecule has 3 nitrogen and oxygen atoms in total. The molecule has 28 heavy (non-hydrogen) atoms. The van der Waals surface area contributed by atoms with Gasteiger partial charge in [-0.05, 0) is 81.6 Å². The maximum absolute atomic E-state index is 13.7. The highest BCUT2D eigenvalue weighted by atomic mass is 35.5. The van der Waals surface area contributed by atoms with E-state index in [1.165, 1.54) is 6.07 Å². The minimum atomic E-state index is -0.203. The molecule has 150 valence electrons. The fraction of sp³-hybridized carbons (Fsp3) is 0.409. The van der Waals surface area contributed by atoms with Gasteiger partial charge in [0.05, 0.1) is 0 Å². The molecule has 2 aromatic rings. The highest BCUT2D eigenvalue weighted by Gasteiger charge is 2.30. The molecule has 1 fully saturated rings. The normalized spacial score (nSPS) is 20.8. The lowest BCUT2D eigenvalue weighted by Gasteiger charge is -2.37. The maximum atomic E-state index is 13.7. The summed E-state index contributed by atoms with van der Waals surface area (Å²) < 4.78 is 13.7. The number of amides is 1. The molecule has 1 unspecified atom stereocenters. The number of benzene rings is 2. The van der Waals surface area contributed by atoms with Gasteiger partial charge in [-0.25, -0.2) is 4.39 Å². The number of nitrogens with one attached hydrogen (secondary N) is 1. The van der Waals surface area contributed by atoms with E-state index in [9.17, 15) is 9.18 Å². The zero-order chi connectivity index (χ0) is 20.3. The van der Waals surface area contributed by atoms with Crippen LogP contribution in [0.3, 0.4) is 0 Å². The van der Waals surface area contributed by atoms with Gasteiger partial charge in [0.1, 0.15) is 5.82 Å². The predicted molar refractivity (Wildman–Crippen MR) is 113 cm³/mol. The number of hydrogen-bond donors (Lipinski definition) is 1. The SMILES string of the molecule is CN(C)C(c1cccc(F)c1)C1CCC(NC(=O)c2cc(Cl)cc(Cl)c2)CC1. The van der Waals surface area contributed by atoms with Gasteiger partial charge in [0.25, 0.3) is 5.91 Å². The maximum Gasteiger partial charge on any atom is 0.251 e. The molecule has 1 saturated carbocycles. The number of rotatable bonds is 5. The third-order valence-electron chi connectivity index (χ3n) is 5.42. The van der Waals surface area contributed by atoms with Crippen LogP contribution in [0.4, 0.5) is 4.39 Å². The van der Waals surface area contributed by atoms with Gasteiger partial charge >= 0.3 is 0 Å². The van der Waals surface area contributed by atoms with Gasteiger partial charge in [-0.1, -0.05) is 35.3 Å². The van der Waals surface area contributed by atoms with E-state index in [0.29, 0.717) is 21.5 Å². The van der Waals surface area contributed by atoms with Gasteiger partial charge in [-0.15, -0.1) is 0 Å². The van der Waals surface area contributed by atoms with Gasteiger partial charge in [0.2, 0.25) is 0 Å². The molecule has 0 aliphatic heterocycles. The van der Waals surface area contributed by atoms with E-state index in [0.717, 1.165) is 31.2 Å². The summed E-state index contributed by atoms with van der Waals surface area (Å²) in [6.07, 6.45) is 3.73. The molecule has 1 N–H and O–H groups in total. The predicted octanol–water partition coefficient (Wildman–Crippen LogP) is 5.72. The van der Waals surface area contributed by atoms with Gasteiger partial charge in [-0.2, -0.15) is 0 Å². The lowest BCUT2D eigenvalue weighted by atomic mass is 9.78. The first-order valence-corrected chi connectivity index (χ1v) is 10.3. The molecular formula is C22H25Cl2FN2O. The van der Waals surface area contributed by atoms with Gasteiger partial charge in [0.15, 0.2) is 0 Å². The number of carbonyl (C=O) groups is 1. The molecule has 3 rings (SSSR count). The second-order valence-corrected chi connectivity index (χ2v) is 8.58. The third-order valence-corrected chi connectivity index (χ3v) is 5.86. The molecule has 0 aromatic heterocycles. The smallest absolute Gasteiger partial charge is 0.251 e. The zero-order valence-electron chi connectivity index (χ0n) is 16.1. The molecule has 0 bridgehead atoms. The molecule has 0 spiro atoms. The van der Waals surface area contributed by atoms with Crippen molar-refractivity contribution >= 4 is 29.1 Å². The largest absolute Gasteiger partial charge is 0.349 e. The van der Waals surface area contributed by atoms with Crippen LogP contribution >= 0.6 is 23.2 Å². The van der Waals surface area contributed by atoms with Crippen molar-refractivity contribution in [2.24, 2.45) is 5.92 Å². The topological polar surface area (TPSA) is 32.3 Å². The summed E-state index contributed by atoms with van der Waals surface area (Å²) >= 11 is 12.0. The average molecular weight is 423 g/mol. The van der Waals surface area contributed by atoms with Gasteiger partial charge in [-0.3, -0.25) is 4.79 Å². The number of nitrogens with zero attached hydrogens (tertiary/aromatic N) is 1. The molecule has 1 amide bonds. The summed E-state index contributed by atoms with van der Waals surface area (Å²) in [6, 6.07) is 12.0. The number of hydrogen-bond acceptors (Lipinski definition) is 2. The lowest BCUT2D eigenvalue weighted by Crippen LogP contribution is -2.40. The van der Waals surface area contributed by atoms with Crippen molar-refractivity contribution in [3.63, 3.8) is 0 Å². The molecule has 1 atom stereocenters. The summed E-state index contributed by atoms with van der Waals surface area (Å²) in [4.78, 5) is 14.7.